The molecule has 21 heavy (non-hydrogen) atoms. The first-order chi connectivity index (χ1) is 9.88. The van der Waals surface area contributed by atoms with Gasteiger partial charge in [-0.25, -0.2) is 14.0 Å². The minimum atomic E-state index is -1.17. The molecule has 1 aliphatic heterocycles. The predicted octanol–water partition coefficient (Wildman–Crippen LogP) is 1.32. The van der Waals surface area contributed by atoms with Gasteiger partial charge in [0.2, 0.25) is 0 Å². The summed E-state index contributed by atoms with van der Waals surface area (Å²) in [6.45, 7) is -0.0259. The maximum Gasteiger partial charge on any atom is 0.328 e. The van der Waals surface area contributed by atoms with Gasteiger partial charge in [-0.15, -0.1) is 0 Å². The van der Waals surface area contributed by atoms with Crippen molar-refractivity contribution in [1.29, 1.82) is 0 Å². The number of hydrogen-bond donors (Lipinski definition) is 1. The SMILES string of the molecule is CN1CC(=O)N(Cc2ccc(F)cc2C=CC(=O)O)C1=O. The van der Waals surface area contributed by atoms with Crippen LogP contribution in [0.1, 0.15) is 11.1 Å². The number of rotatable bonds is 4. The van der Waals surface area contributed by atoms with Crippen molar-refractivity contribution >= 4 is 24.0 Å². The molecule has 3 amide bonds. The number of imide groups is 1. The second-order valence-electron chi connectivity index (χ2n) is 4.63. The molecule has 1 aliphatic rings. The number of amides is 3. The third kappa shape index (κ3) is 3.25. The van der Waals surface area contributed by atoms with Gasteiger partial charge in [0.25, 0.3) is 5.91 Å². The highest BCUT2D eigenvalue weighted by molar-refractivity contribution is 6.01. The molecule has 0 bridgehead atoms. The van der Waals surface area contributed by atoms with Crippen molar-refractivity contribution in [3.05, 3.63) is 41.2 Å². The molecule has 1 saturated heterocycles. The first kappa shape index (κ1) is 14.7. The number of carbonyl (C=O) groups excluding carboxylic acids is 2. The summed E-state index contributed by atoms with van der Waals surface area (Å²) in [4.78, 5) is 36.4. The van der Waals surface area contributed by atoms with Crippen molar-refractivity contribution in [1.82, 2.24) is 9.80 Å². The normalized spacial score (nSPS) is 15.3. The molecule has 7 heteroatoms. The summed E-state index contributed by atoms with van der Waals surface area (Å²) in [5, 5.41) is 8.63. The zero-order chi connectivity index (χ0) is 15.6. The number of benzene rings is 1. The molecule has 0 aliphatic carbocycles. The average Bonchev–Trinajstić information content (AvgIpc) is 2.65. The van der Waals surface area contributed by atoms with Crippen LogP contribution in [0.3, 0.4) is 0 Å². The molecule has 110 valence electrons. The van der Waals surface area contributed by atoms with Gasteiger partial charge >= 0.3 is 12.0 Å². The van der Waals surface area contributed by atoms with Crippen LogP contribution < -0.4 is 0 Å². The van der Waals surface area contributed by atoms with Gasteiger partial charge < -0.3 is 10.0 Å². The monoisotopic (exact) mass is 292 g/mol. The molecule has 6 nitrogen and oxygen atoms in total. The first-order valence-electron chi connectivity index (χ1n) is 6.13. The molecule has 0 spiro atoms. The minimum absolute atomic E-state index is 0.000324. The van der Waals surface area contributed by atoms with Crippen LogP contribution in [0, 0.1) is 5.82 Å². The second-order valence-corrected chi connectivity index (χ2v) is 4.63. The highest BCUT2D eigenvalue weighted by Gasteiger charge is 2.33. The number of likely N-dealkylation sites (N-methyl/N-ethyl adjacent to an activating group) is 1. The number of carboxylic acids is 1. The second kappa shape index (κ2) is 5.74. The molecule has 0 saturated carbocycles. The molecular formula is C14H13FN2O4. The molecule has 0 unspecified atom stereocenters. The number of halogens is 1. The maximum absolute atomic E-state index is 13.3. The Labute approximate surface area is 120 Å². The molecular weight excluding hydrogens is 279 g/mol. The van der Waals surface area contributed by atoms with E-state index in [2.05, 4.69) is 0 Å². The third-order valence-corrected chi connectivity index (χ3v) is 3.07. The third-order valence-electron chi connectivity index (χ3n) is 3.07. The molecule has 0 radical (unpaired) electrons. The van der Waals surface area contributed by atoms with Crippen LogP contribution >= 0.6 is 0 Å². The Morgan fingerprint density at radius 2 is 2.14 bits per heavy atom. The quantitative estimate of drug-likeness (QED) is 0.670. The zero-order valence-corrected chi connectivity index (χ0v) is 11.2. The highest BCUT2D eigenvalue weighted by atomic mass is 19.1. The van der Waals surface area contributed by atoms with Crippen LogP contribution in [-0.2, 0) is 16.1 Å². The van der Waals surface area contributed by atoms with E-state index in [-0.39, 0.29) is 19.0 Å². The van der Waals surface area contributed by atoms with Gasteiger partial charge in [0, 0.05) is 13.1 Å². The standard InChI is InChI=1S/C14H13FN2O4/c1-16-8-12(18)17(14(16)21)7-10-2-4-11(15)6-9(10)3-5-13(19)20/h2-6H,7-8H2,1H3,(H,19,20). The molecule has 0 atom stereocenters. The predicted molar refractivity (Wildman–Crippen MR) is 71.6 cm³/mol. The number of aliphatic carboxylic acids is 1. The van der Waals surface area contributed by atoms with E-state index in [1.807, 2.05) is 0 Å². The van der Waals surface area contributed by atoms with Crippen LogP contribution in [0.4, 0.5) is 9.18 Å². The number of carboxylic acid groups (broad SMARTS) is 1. The Kier molecular flexibility index (Phi) is 4.02. The number of nitrogens with zero attached hydrogens (tertiary/aromatic N) is 2. The summed E-state index contributed by atoms with van der Waals surface area (Å²) in [6, 6.07) is 3.35. The topological polar surface area (TPSA) is 77.9 Å². The van der Waals surface area contributed by atoms with Crippen LogP contribution in [0.15, 0.2) is 24.3 Å². The van der Waals surface area contributed by atoms with Gasteiger partial charge in [0.15, 0.2) is 0 Å². The van der Waals surface area contributed by atoms with Gasteiger partial charge in [0.1, 0.15) is 12.4 Å². The largest absolute Gasteiger partial charge is 0.478 e. The smallest absolute Gasteiger partial charge is 0.328 e. The van der Waals surface area contributed by atoms with E-state index in [1.165, 1.54) is 30.2 Å². The lowest BCUT2D eigenvalue weighted by atomic mass is 10.1. The van der Waals surface area contributed by atoms with Crippen molar-refractivity contribution in [2.45, 2.75) is 6.54 Å². The molecule has 1 aromatic rings. The van der Waals surface area contributed by atoms with E-state index in [0.29, 0.717) is 11.1 Å². The molecule has 1 fully saturated rings. The van der Waals surface area contributed by atoms with E-state index >= 15 is 0 Å². The summed E-state index contributed by atoms with van der Waals surface area (Å²) in [7, 11) is 1.51. The number of hydrogen-bond acceptors (Lipinski definition) is 3. The Bertz CT molecular complexity index is 642. The van der Waals surface area contributed by atoms with Crippen LogP contribution in [0.25, 0.3) is 6.08 Å². The van der Waals surface area contributed by atoms with Gasteiger partial charge in [-0.05, 0) is 29.3 Å². The fraction of sp³-hybridized carbons (Fsp3) is 0.214. The Balaban J connectivity index is 2.29. The number of carbonyl (C=O) groups is 3. The molecule has 2 rings (SSSR count). The van der Waals surface area contributed by atoms with Crippen molar-refractivity contribution in [2.24, 2.45) is 0 Å². The van der Waals surface area contributed by atoms with Crippen LogP contribution in [0.2, 0.25) is 0 Å². The first-order valence-corrected chi connectivity index (χ1v) is 6.13. The zero-order valence-electron chi connectivity index (χ0n) is 11.2. The molecule has 1 N–H and O–H groups in total. The lowest BCUT2D eigenvalue weighted by Crippen LogP contribution is -2.31. The van der Waals surface area contributed by atoms with Crippen LogP contribution in [0.5, 0.6) is 0 Å². The van der Waals surface area contributed by atoms with Gasteiger partial charge in [-0.2, -0.15) is 0 Å². The van der Waals surface area contributed by atoms with E-state index in [0.717, 1.165) is 17.0 Å². The Hall–Kier alpha value is -2.70. The Morgan fingerprint density at radius 1 is 1.43 bits per heavy atom. The summed E-state index contributed by atoms with van der Waals surface area (Å²) in [5.41, 5.74) is 0.804. The summed E-state index contributed by atoms with van der Waals surface area (Å²) >= 11 is 0. The highest BCUT2D eigenvalue weighted by Crippen LogP contribution is 2.19. The van der Waals surface area contributed by atoms with Crippen molar-refractivity contribution in [2.75, 3.05) is 13.6 Å². The van der Waals surface area contributed by atoms with Crippen molar-refractivity contribution in [3.8, 4) is 0 Å². The van der Waals surface area contributed by atoms with Crippen molar-refractivity contribution < 1.29 is 23.9 Å². The molecule has 1 aromatic carbocycles. The lowest BCUT2D eigenvalue weighted by molar-refractivity contribution is -0.131. The van der Waals surface area contributed by atoms with Crippen LogP contribution in [-0.4, -0.2) is 46.4 Å². The Morgan fingerprint density at radius 3 is 2.71 bits per heavy atom. The molecule has 0 aromatic heterocycles. The summed E-state index contributed by atoms with van der Waals surface area (Å²) in [5.74, 6) is -2.04. The molecule has 1 heterocycles. The summed E-state index contributed by atoms with van der Waals surface area (Å²) in [6.07, 6.45) is 2.10. The maximum atomic E-state index is 13.3. The van der Waals surface area contributed by atoms with E-state index in [1.54, 1.807) is 0 Å². The van der Waals surface area contributed by atoms with E-state index < -0.39 is 17.8 Å². The van der Waals surface area contributed by atoms with Gasteiger partial charge in [0.05, 0.1) is 6.54 Å². The summed E-state index contributed by atoms with van der Waals surface area (Å²) < 4.78 is 13.3. The van der Waals surface area contributed by atoms with E-state index in [4.69, 9.17) is 5.11 Å². The average molecular weight is 292 g/mol. The fourth-order valence-electron chi connectivity index (χ4n) is 2.02. The fourth-order valence-corrected chi connectivity index (χ4v) is 2.02. The lowest BCUT2D eigenvalue weighted by Gasteiger charge is -2.15. The van der Waals surface area contributed by atoms with Crippen molar-refractivity contribution in [3.63, 3.8) is 0 Å². The van der Waals surface area contributed by atoms with Gasteiger partial charge in [-0.3, -0.25) is 9.69 Å². The number of urea groups is 1. The van der Waals surface area contributed by atoms with E-state index in [9.17, 15) is 18.8 Å². The van der Waals surface area contributed by atoms with Gasteiger partial charge in [-0.1, -0.05) is 6.07 Å². The minimum Gasteiger partial charge on any atom is -0.478 e.